The van der Waals surface area contributed by atoms with Gasteiger partial charge in [0.15, 0.2) is 6.61 Å². The molecule has 0 bridgehead atoms. The molecule has 0 aliphatic heterocycles. The molecule has 100 valence electrons. The minimum atomic E-state index is -0.0170. The van der Waals surface area contributed by atoms with Crippen molar-refractivity contribution in [2.75, 3.05) is 13.7 Å². The van der Waals surface area contributed by atoms with Crippen LogP contribution in [0.3, 0.4) is 0 Å². The standard InChI is InChI=1S/C15H17NO2S/c1-12-6-3-4-8-14(12)18-11-15(17)16(2)10-13-7-5-9-19-13/h3-9H,10-11H2,1-2H3. The average Bonchev–Trinajstić information content (AvgIpc) is 2.90. The maximum Gasteiger partial charge on any atom is 0.260 e. The third kappa shape index (κ3) is 3.83. The molecule has 3 nitrogen and oxygen atoms in total. The van der Waals surface area contributed by atoms with E-state index in [1.165, 1.54) is 4.88 Å². The Kier molecular flexibility index (Phi) is 4.58. The highest BCUT2D eigenvalue weighted by molar-refractivity contribution is 7.09. The Hall–Kier alpha value is -1.81. The van der Waals surface area contributed by atoms with Crippen molar-refractivity contribution in [2.24, 2.45) is 0 Å². The number of aryl methyl sites for hydroxylation is 1. The fourth-order valence-corrected chi connectivity index (χ4v) is 2.45. The smallest absolute Gasteiger partial charge is 0.260 e. The van der Waals surface area contributed by atoms with Gasteiger partial charge < -0.3 is 9.64 Å². The summed E-state index contributed by atoms with van der Waals surface area (Å²) >= 11 is 1.65. The van der Waals surface area contributed by atoms with Crippen LogP contribution in [-0.4, -0.2) is 24.5 Å². The molecule has 1 amide bonds. The minimum Gasteiger partial charge on any atom is -0.484 e. The second-order valence-corrected chi connectivity index (χ2v) is 5.42. The molecule has 1 aromatic heterocycles. The average molecular weight is 275 g/mol. The molecule has 1 aromatic carbocycles. The van der Waals surface area contributed by atoms with Gasteiger partial charge >= 0.3 is 0 Å². The summed E-state index contributed by atoms with van der Waals surface area (Å²) in [5.74, 6) is 0.747. The summed E-state index contributed by atoms with van der Waals surface area (Å²) in [6, 6.07) is 11.7. The van der Waals surface area contributed by atoms with Gasteiger partial charge in [-0.05, 0) is 30.0 Å². The molecule has 0 N–H and O–H groups in total. The van der Waals surface area contributed by atoms with Gasteiger partial charge in [-0.2, -0.15) is 0 Å². The fourth-order valence-electron chi connectivity index (χ4n) is 1.69. The van der Waals surface area contributed by atoms with E-state index in [1.54, 1.807) is 23.3 Å². The Morgan fingerprint density at radius 1 is 1.26 bits per heavy atom. The quantitative estimate of drug-likeness (QED) is 0.839. The number of amides is 1. The second kappa shape index (κ2) is 6.38. The first-order valence-electron chi connectivity index (χ1n) is 6.11. The fraction of sp³-hybridized carbons (Fsp3) is 0.267. The van der Waals surface area contributed by atoms with Crippen LogP contribution >= 0.6 is 11.3 Å². The van der Waals surface area contributed by atoms with Crippen LogP contribution in [0.1, 0.15) is 10.4 Å². The molecule has 0 fully saturated rings. The van der Waals surface area contributed by atoms with Crippen LogP contribution in [0.15, 0.2) is 41.8 Å². The van der Waals surface area contributed by atoms with E-state index in [2.05, 4.69) is 0 Å². The summed E-state index contributed by atoms with van der Waals surface area (Å²) in [7, 11) is 1.79. The van der Waals surface area contributed by atoms with Crippen LogP contribution < -0.4 is 4.74 Å². The van der Waals surface area contributed by atoms with Gasteiger partial charge in [0.05, 0.1) is 6.54 Å². The number of hydrogen-bond acceptors (Lipinski definition) is 3. The molecule has 0 unspecified atom stereocenters. The van der Waals surface area contributed by atoms with E-state index in [9.17, 15) is 4.79 Å². The first-order valence-corrected chi connectivity index (χ1v) is 6.99. The number of carbonyl (C=O) groups excluding carboxylic acids is 1. The molecule has 2 rings (SSSR count). The largest absolute Gasteiger partial charge is 0.484 e. The van der Waals surface area contributed by atoms with Crippen molar-refractivity contribution in [3.05, 3.63) is 52.2 Å². The number of para-hydroxylation sites is 1. The predicted molar refractivity (Wildman–Crippen MR) is 77.5 cm³/mol. The highest BCUT2D eigenvalue weighted by Crippen LogP contribution is 2.16. The van der Waals surface area contributed by atoms with Crippen molar-refractivity contribution in [1.29, 1.82) is 0 Å². The van der Waals surface area contributed by atoms with Gasteiger partial charge in [-0.15, -0.1) is 11.3 Å². The number of carbonyl (C=O) groups is 1. The molecule has 2 aromatic rings. The van der Waals surface area contributed by atoms with E-state index in [-0.39, 0.29) is 12.5 Å². The second-order valence-electron chi connectivity index (χ2n) is 4.38. The molecule has 1 heterocycles. The molecule has 0 spiro atoms. The third-order valence-corrected chi connectivity index (χ3v) is 3.70. The SMILES string of the molecule is Cc1ccccc1OCC(=O)N(C)Cc1cccs1. The van der Waals surface area contributed by atoms with E-state index in [1.807, 2.05) is 48.7 Å². The molecule has 4 heteroatoms. The summed E-state index contributed by atoms with van der Waals surface area (Å²) in [6.07, 6.45) is 0. The zero-order chi connectivity index (χ0) is 13.7. The van der Waals surface area contributed by atoms with Crippen molar-refractivity contribution < 1.29 is 9.53 Å². The monoisotopic (exact) mass is 275 g/mol. The summed E-state index contributed by atoms with van der Waals surface area (Å²) in [5, 5.41) is 2.01. The van der Waals surface area contributed by atoms with Crippen molar-refractivity contribution in [3.63, 3.8) is 0 Å². The van der Waals surface area contributed by atoms with Crippen LogP contribution in [0.5, 0.6) is 5.75 Å². The lowest BCUT2D eigenvalue weighted by Gasteiger charge is -2.17. The van der Waals surface area contributed by atoms with Gasteiger partial charge in [-0.1, -0.05) is 24.3 Å². The molecule has 0 aliphatic rings. The Morgan fingerprint density at radius 3 is 2.74 bits per heavy atom. The number of nitrogens with zero attached hydrogens (tertiary/aromatic N) is 1. The number of benzene rings is 1. The van der Waals surface area contributed by atoms with E-state index in [4.69, 9.17) is 4.74 Å². The zero-order valence-corrected chi connectivity index (χ0v) is 11.9. The van der Waals surface area contributed by atoms with Crippen LogP contribution in [0.25, 0.3) is 0 Å². The van der Waals surface area contributed by atoms with Crippen LogP contribution in [0.4, 0.5) is 0 Å². The number of hydrogen-bond donors (Lipinski definition) is 0. The number of rotatable bonds is 5. The molecular formula is C15H17NO2S. The highest BCUT2D eigenvalue weighted by Gasteiger charge is 2.11. The van der Waals surface area contributed by atoms with Crippen LogP contribution in [-0.2, 0) is 11.3 Å². The summed E-state index contributed by atoms with van der Waals surface area (Å²) in [4.78, 5) is 14.8. The van der Waals surface area contributed by atoms with Gasteiger partial charge in [-0.3, -0.25) is 4.79 Å². The van der Waals surface area contributed by atoms with Gasteiger partial charge in [-0.25, -0.2) is 0 Å². The highest BCUT2D eigenvalue weighted by atomic mass is 32.1. The van der Waals surface area contributed by atoms with Crippen molar-refractivity contribution in [3.8, 4) is 5.75 Å². The lowest BCUT2D eigenvalue weighted by atomic mass is 10.2. The molecular weight excluding hydrogens is 258 g/mol. The maximum atomic E-state index is 12.0. The lowest BCUT2D eigenvalue weighted by molar-refractivity contribution is -0.132. The van der Waals surface area contributed by atoms with Gasteiger partial charge in [0.2, 0.25) is 0 Å². The number of likely N-dealkylation sites (N-methyl/N-ethyl adjacent to an activating group) is 1. The summed E-state index contributed by atoms with van der Waals surface area (Å²) in [6.45, 7) is 2.68. The first-order chi connectivity index (χ1) is 9.16. The Labute approximate surface area is 117 Å². The Bertz CT molecular complexity index is 537. The molecule has 0 saturated heterocycles. The van der Waals surface area contributed by atoms with Crippen molar-refractivity contribution >= 4 is 17.2 Å². The van der Waals surface area contributed by atoms with Crippen LogP contribution in [0.2, 0.25) is 0 Å². The third-order valence-electron chi connectivity index (χ3n) is 2.84. The molecule has 19 heavy (non-hydrogen) atoms. The molecule has 0 saturated carbocycles. The van der Waals surface area contributed by atoms with E-state index in [0.717, 1.165) is 11.3 Å². The van der Waals surface area contributed by atoms with Crippen molar-refractivity contribution in [1.82, 2.24) is 4.90 Å². The number of thiophene rings is 1. The van der Waals surface area contributed by atoms with E-state index >= 15 is 0 Å². The maximum absolute atomic E-state index is 12.0. The van der Waals surface area contributed by atoms with Crippen molar-refractivity contribution in [2.45, 2.75) is 13.5 Å². The predicted octanol–water partition coefficient (Wildman–Crippen LogP) is 3.09. The minimum absolute atomic E-state index is 0.0170. The van der Waals surface area contributed by atoms with E-state index < -0.39 is 0 Å². The number of ether oxygens (including phenoxy) is 1. The van der Waals surface area contributed by atoms with Gasteiger partial charge in [0.25, 0.3) is 5.91 Å². The van der Waals surface area contributed by atoms with Gasteiger partial charge in [0, 0.05) is 11.9 Å². The zero-order valence-electron chi connectivity index (χ0n) is 11.1. The van der Waals surface area contributed by atoms with E-state index in [0.29, 0.717) is 6.54 Å². The molecule has 0 aliphatic carbocycles. The first kappa shape index (κ1) is 13.6. The molecule has 0 radical (unpaired) electrons. The van der Waals surface area contributed by atoms with Gasteiger partial charge in [0.1, 0.15) is 5.75 Å². The Morgan fingerprint density at radius 2 is 2.05 bits per heavy atom. The normalized spacial score (nSPS) is 10.2. The topological polar surface area (TPSA) is 29.5 Å². The Balaban J connectivity index is 1.86. The molecule has 0 atom stereocenters. The van der Waals surface area contributed by atoms with Crippen LogP contribution in [0, 0.1) is 6.92 Å². The summed E-state index contributed by atoms with van der Waals surface area (Å²) < 4.78 is 5.55. The lowest BCUT2D eigenvalue weighted by Crippen LogP contribution is -2.30. The summed E-state index contributed by atoms with van der Waals surface area (Å²) in [5.41, 5.74) is 1.04.